The van der Waals surface area contributed by atoms with Crippen molar-refractivity contribution in [2.75, 3.05) is 10.8 Å². The highest BCUT2D eigenvalue weighted by atomic mass is 35.5. The lowest BCUT2D eigenvalue weighted by Gasteiger charge is -2.33. The van der Waals surface area contributed by atoms with Crippen molar-refractivity contribution in [3.63, 3.8) is 0 Å². The van der Waals surface area contributed by atoms with Crippen molar-refractivity contribution in [2.24, 2.45) is 0 Å². The molecule has 0 unspecified atom stereocenters. The Morgan fingerprint density at radius 3 is 2.18 bits per heavy atom. The van der Waals surface area contributed by atoms with Crippen molar-refractivity contribution in [3.8, 4) is 0 Å². The summed E-state index contributed by atoms with van der Waals surface area (Å²) in [7, 11) is -4.13. The quantitative estimate of drug-likeness (QED) is 0.326. The molecule has 0 spiro atoms. The van der Waals surface area contributed by atoms with Crippen LogP contribution in [-0.2, 0) is 26.2 Å². The molecule has 10 heteroatoms. The first-order valence-corrected chi connectivity index (χ1v) is 14.7. The fourth-order valence-corrected chi connectivity index (χ4v) is 6.11. The molecule has 0 aromatic heterocycles. The molecule has 3 rings (SSSR count). The van der Waals surface area contributed by atoms with Crippen molar-refractivity contribution in [1.29, 1.82) is 0 Å². The minimum Gasteiger partial charge on any atom is -0.352 e. The largest absolute Gasteiger partial charge is 0.352 e. The van der Waals surface area contributed by atoms with Crippen molar-refractivity contribution in [1.82, 2.24) is 10.2 Å². The SMILES string of the molecule is Cc1ccc(N(CC(=O)N(Cc2ccc(Cl)cc2Cl)[C@H](C)C(=O)NC(C)C)S(=O)(=O)c2ccccc2)c(C)c1. The van der Waals surface area contributed by atoms with Gasteiger partial charge in [0.05, 0.1) is 10.6 Å². The van der Waals surface area contributed by atoms with Gasteiger partial charge in [-0.05, 0) is 76.1 Å². The lowest BCUT2D eigenvalue weighted by Crippen LogP contribution is -2.52. The first-order valence-electron chi connectivity index (χ1n) is 12.5. The number of aryl methyl sites for hydroxylation is 2. The van der Waals surface area contributed by atoms with E-state index in [0.717, 1.165) is 9.87 Å². The lowest BCUT2D eigenvalue weighted by molar-refractivity contribution is -0.139. The van der Waals surface area contributed by atoms with Crippen molar-refractivity contribution in [3.05, 3.63) is 93.5 Å². The standard InChI is InChI=1S/C29H33Cl2N3O4S/c1-19(2)32-29(36)22(5)33(17-23-12-13-24(30)16-26(23)31)28(35)18-34(27-14-11-20(3)15-21(27)4)39(37,38)25-9-7-6-8-10-25/h6-16,19,22H,17-18H2,1-5H3,(H,32,36)/t22-/m1/s1. The van der Waals surface area contributed by atoms with Gasteiger partial charge in [0, 0.05) is 22.6 Å². The van der Waals surface area contributed by atoms with E-state index in [-0.39, 0.29) is 23.4 Å². The molecule has 2 amide bonds. The summed E-state index contributed by atoms with van der Waals surface area (Å²) in [5.74, 6) is -0.931. The van der Waals surface area contributed by atoms with Crippen LogP contribution in [0.3, 0.4) is 0 Å². The zero-order valence-corrected chi connectivity index (χ0v) is 24.9. The average molecular weight is 591 g/mol. The third-order valence-electron chi connectivity index (χ3n) is 6.19. The molecule has 0 aliphatic rings. The number of hydrogen-bond acceptors (Lipinski definition) is 4. The van der Waals surface area contributed by atoms with E-state index in [0.29, 0.717) is 26.9 Å². The molecule has 3 aromatic carbocycles. The van der Waals surface area contributed by atoms with Gasteiger partial charge in [0.2, 0.25) is 11.8 Å². The van der Waals surface area contributed by atoms with Gasteiger partial charge in [-0.2, -0.15) is 0 Å². The summed E-state index contributed by atoms with van der Waals surface area (Å²) in [5, 5.41) is 3.59. The summed E-state index contributed by atoms with van der Waals surface area (Å²) in [6, 6.07) is 17.1. The van der Waals surface area contributed by atoms with Crippen LogP contribution in [0.15, 0.2) is 71.6 Å². The summed E-state index contributed by atoms with van der Waals surface area (Å²) in [5.41, 5.74) is 2.60. The van der Waals surface area contributed by atoms with Gasteiger partial charge in [-0.3, -0.25) is 13.9 Å². The summed E-state index contributed by atoms with van der Waals surface area (Å²) in [6.07, 6.45) is 0. The Bertz CT molecular complexity index is 1450. The van der Waals surface area contributed by atoms with Crippen LogP contribution >= 0.6 is 23.2 Å². The number of halogens is 2. The van der Waals surface area contributed by atoms with E-state index in [1.165, 1.54) is 17.0 Å². The molecule has 1 N–H and O–H groups in total. The van der Waals surface area contributed by atoms with Crippen LogP contribution < -0.4 is 9.62 Å². The Labute approximate surface area is 240 Å². The van der Waals surface area contributed by atoms with Gasteiger partial charge in [0.25, 0.3) is 10.0 Å². The highest BCUT2D eigenvalue weighted by Crippen LogP contribution is 2.29. The molecular formula is C29H33Cl2N3O4S. The average Bonchev–Trinajstić information content (AvgIpc) is 2.87. The van der Waals surface area contributed by atoms with Gasteiger partial charge in [0.15, 0.2) is 0 Å². The first-order chi connectivity index (χ1) is 18.3. The van der Waals surface area contributed by atoms with Gasteiger partial charge in [-0.15, -0.1) is 0 Å². The van der Waals surface area contributed by atoms with E-state index in [1.54, 1.807) is 62.4 Å². The number of amides is 2. The second kappa shape index (κ2) is 12.9. The molecular weight excluding hydrogens is 557 g/mol. The van der Waals surface area contributed by atoms with Crippen molar-refractivity contribution in [2.45, 2.75) is 58.1 Å². The summed E-state index contributed by atoms with van der Waals surface area (Å²) in [6.45, 7) is 8.41. The molecule has 0 fully saturated rings. The van der Waals surface area contributed by atoms with E-state index >= 15 is 0 Å². The Balaban J connectivity index is 2.08. The monoisotopic (exact) mass is 589 g/mol. The molecule has 0 aliphatic heterocycles. The minimum atomic E-state index is -4.13. The number of rotatable bonds is 10. The number of carbonyl (C=O) groups excluding carboxylic acids is 2. The van der Waals surface area contributed by atoms with Gasteiger partial charge < -0.3 is 10.2 Å². The van der Waals surface area contributed by atoms with E-state index < -0.39 is 28.5 Å². The molecule has 0 heterocycles. The highest BCUT2D eigenvalue weighted by molar-refractivity contribution is 7.92. The second-order valence-electron chi connectivity index (χ2n) is 9.71. The van der Waals surface area contributed by atoms with Gasteiger partial charge in [0.1, 0.15) is 12.6 Å². The van der Waals surface area contributed by atoms with Crippen LogP contribution in [0.25, 0.3) is 0 Å². The molecule has 0 saturated heterocycles. The minimum absolute atomic E-state index is 0.0202. The molecule has 0 bridgehead atoms. The lowest BCUT2D eigenvalue weighted by atomic mass is 10.1. The van der Waals surface area contributed by atoms with Crippen LogP contribution in [0.1, 0.15) is 37.5 Å². The smallest absolute Gasteiger partial charge is 0.264 e. The van der Waals surface area contributed by atoms with Crippen LogP contribution in [0, 0.1) is 13.8 Å². The number of sulfonamides is 1. The molecule has 0 aliphatic carbocycles. The van der Waals surface area contributed by atoms with Crippen molar-refractivity contribution < 1.29 is 18.0 Å². The Hall–Kier alpha value is -3.07. The normalized spacial score (nSPS) is 12.2. The number of nitrogens with one attached hydrogen (secondary N) is 1. The van der Waals surface area contributed by atoms with Gasteiger partial charge in [-0.25, -0.2) is 8.42 Å². The Morgan fingerprint density at radius 1 is 0.923 bits per heavy atom. The van der Waals surface area contributed by atoms with Crippen LogP contribution in [0.4, 0.5) is 5.69 Å². The fraction of sp³-hybridized carbons (Fsp3) is 0.310. The summed E-state index contributed by atoms with van der Waals surface area (Å²) < 4.78 is 28.8. The van der Waals surface area contributed by atoms with Gasteiger partial charge in [-0.1, -0.05) is 65.2 Å². The number of benzene rings is 3. The van der Waals surface area contributed by atoms with E-state index in [2.05, 4.69) is 5.32 Å². The molecule has 1 atom stereocenters. The second-order valence-corrected chi connectivity index (χ2v) is 12.4. The predicted octanol–water partition coefficient (Wildman–Crippen LogP) is 5.75. The molecule has 0 saturated carbocycles. The van der Waals surface area contributed by atoms with E-state index in [4.69, 9.17) is 23.2 Å². The summed E-state index contributed by atoms with van der Waals surface area (Å²) >= 11 is 12.5. The van der Waals surface area contributed by atoms with Crippen molar-refractivity contribution >= 4 is 50.7 Å². The van der Waals surface area contributed by atoms with E-state index in [1.807, 2.05) is 26.8 Å². The Morgan fingerprint density at radius 2 is 1.59 bits per heavy atom. The van der Waals surface area contributed by atoms with Gasteiger partial charge >= 0.3 is 0 Å². The maximum absolute atomic E-state index is 14.0. The maximum atomic E-state index is 14.0. The topological polar surface area (TPSA) is 86.8 Å². The molecule has 0 radical (unpaired) electrons. The zero-order chi connectivity index (χ0) is 28.9. The number of hydrogen-bond donors (Lipinski definition) is 1. The molecule has 39 heavy (non-hydrogen) atoms. The van der Waals surface area contributed by atoms with Crippen LogP contribution in [0.2, 0.25) is 10.0 Å². The molecule has 208 valence electrons. The van der Waals surface area contributed by atoms with E-state index in [9.17, 15) is 18.0 Å². The first kappa shape index (κ1) is 30.5. The zero-order valence-electron chi connectivity index (χ0n) is 22.6. The highest BCUT2D eigenvalue weighted by Gasteiger charge is 2.33. The predicted molar refractivity (Wildman–Crippen MR) is 157 cm³/mol. The summed E-state index contributed by atoms with van der Waals surface area (Å²) in [4.78, 5) is 28.4. The Kier molecular flexibility index (Phi) is 10.0. The van der Waals surface area contributed by atoms with Crippen LogP contribution in [0.5, 0.6) is 0 Å². The number of nitrogens with zero attached hydrogens (tertiary/aromatic N) is 2. The molecule has 3 aromatic rings. The number of anilines is 1. The maximum Gasteiger partial charge on any atom is 0.264 e. The fourth-order valence-electron chi connectivity index (χ4n) is 4.14. The molecule has 7 nitrogen and oxygen atoms in total. The third-order valence-corrected chi connectivity index (χ3v) is 8.55. The van der Waals surface area contributed by atoms with Crippen LogP contribution in [-0.4, -0.2) is 43.8 Å². The number of carbonyl (C=O) groups is 2. The third kappa shape index (κ3) is 7.53.